The third-order valence-electron chi connectivity index (χ3n) is 3.24. The maximum Gasteiger partial charge on any atom is 0.221 e. The molecule has 3 N–H and O–H groups in total. The van der Waals surface area contributed by atoms with Crippen LogP contribution in [0.2, 0.25) is 0 Å². The van der Waals surface area contributed by atoms with Gasteiger partial charge in [0.05, 0.1) is 12.8 Å². The van der Waals surface area contributed by atoms with Crippen molar-refractivity contribution in [1.29, 1.82) is 0 Å². The van der Waals surface area contributed by atoms with E-state index in [1.807, 2.05) is 18.2 Å². The first-order valence-corrected chi connectivity index (χ1v) is 7.24. The highest BCUT2D eigenvalue weighted by molar-refractivity contribution is 5.76. The summed E-state index contributed by atoms with van der Waals surface area (Å²) in [6, 6.07) is 10.3. The highest BCUT2D eigenvalue weighted by Crippen LogP contribution is 2.00. The predicted octanol–water partition coefficient (Wildman–Crippen LogP) is 0.966. The standard InChI is InChI=1S/C15H23N3O2/c19-15(17-14-8-10-16-18-14)7-4-11-20-12-9-13-5-2-1-3-6-13/h1-3,5-6,14,16,18H,4,7-12H2,(H,17,19). The first kappa shape index (κ1) is 15.0. The Balaban J connectivity index is 1.46. The van der Waals surface area contributed by atoms with E-state index in [0.29, 0.717) is 19.6 Å². The Kier molecular flexibility index (Phi) is 6.50. The van der Waals surface area contributed by atoms with Gasteiger partial charge in [-0.05, 0) is 24.8 Å². The molecule has 1 fully saturated rings. The first-order chi connectivity index (χ1) is 9.84. The molecule has 0 aliphatic carbocycles. The van der Waals surface area contributed by atoms with Gasteiger partial charge in [0.25, 0.3) is 0 Å². The topological polar surface area (TPSA) is 62.4 Å². The van der Waals surface area contributed by atoms with Crippen LogP contribution in [0.4, 0.5) is 0 Å². The Morgan fingerprint density at radius 1 is 1.30 bits per heavy atom. The zero-order valence-corrected chi connectivity index (χ0v) is 11.7. The maximum atomic E-state index is 11.6. The lowest BCUT2D eigenvalue weighted by molar-refractivity contribution is -0.122. The normalized spacial score (nSPS) is 18.1. The second-order valence-electron chi connectivity index (χ2n) is 4.93. The van der Waals surface area contributed by atoms with Gasteiger partial charge in [0, 0.05) is 19.6 Å². The minimum atomic E-state index is 0.0708. The Bertz CT molecular complexity index is 391. The predicted molar refractivity (Wildman–Crippen MR) is 77.9 cm³/mol. The van der Waals surface area contributed by atoms with E-state index < -0.39 is 0 Å². The molecule has 0 saturated carbocycles. The summed E-state index contributed by atoms with van der Waals surface area (Å²) in [4.78, 5) is 11.6. The molecule has 5 nitrogen and oxygen atoms in total. The Labute approximate surface area is 120 Å². The van der Waals surface area contributed by atoms with E-state index in [1.165, 1.54) is 5.56 Å². The molecule has 1 saturated heterocycles. The SMILES string of the molecule is O=C(CCCOCCc1ccccc1)NC1CCNN1. The molecular weight excluding hydrogens is 254 g/mol. The van der Waals surface area contributed by atoms with Gasteiger partial charge in [-0.15, -0.1) is 0 Å². The molecule has 1 heterocycles. The molecule has 1 amide bonds. The second-order valence-corrected chi connectivity index (χ2v) is 4.93. The van der Waals surface area contributed by atoms with Crippen molar-refractivity contribution in [2.24, 2.45) is 0 Å². The van der Waals surface area contributed by atoms with Crippen LogP contribution in [0, 0.1) is 0 Å². The molecule has 5 heteroatoms. The summed E-state index contributed by atoms with van der Waals surface area (Å²) < 4.78 is 5.55. The molecule has 1 aromatic carbocycles. The van der Waals surface area contributed by atoms with Gasteiger partial charge in [0.1, 0.15) is 0 Å². The van der Waals surface area contributed by atoms with Gasteiger partial charge in [-0.3, -0.25) is 10.2 Å². The maximum absolute atomic E-state index is 11.6. The quantitative estimate of drug-likeness (QED) is 0.620. The van der Waals surface area contributed by atoms with Crippen LogP contribution < -0.4 is 16.2 Å². The summed E-state index contributed by atoms with van der Waals surface area (Å²) in [5.74, 6) is 0.0814. The fourth-order valence-corrected chi connectivity index (χ4v) is 2.13. The minimum absolute atomic E-state index is 0.0708. The number of hydrazine groups is 1. The monoisotopic (exact) mass is 277 g/mol. The number of amides is 1. The number of ether oxygens (including phenoxy) is 1. The van der Waals surface area contributed by atoms with Gasteiger partial charge in [-0.1, -0.05) is 30.3 Å². The summed E-state index contributed by atoms with van der Waals surface area (Å²) in [6.45, 7) is 2.24. The van der Waals surface area contributed by atoms with Crippen molar-refractivity contribution in [2.75, 3.05) is 19.8 Å². The number of rotatable bonds is 8. The lowest BCUT2D eigenvalue weighted by Crippen LogP contribution is -2.44. The Morgan fingerprint density at radius 2 is 2.15 bits per heavy atom. The number of hydrogen-bond donors (Lipinski definition) is 3. The molecule has 1 aliphatic rings. The Hall–Kier alpha value is -1.43. The molecule has 1 aliphatic heterocycles. The molecule has 0 spiro atoms. The van der Waals surface area contributed by atoms with E-state index in [1.54, 1.807) is 0 Å². The van der Waals surface area contributed by atoms with Crippen LogP contribution in [0.25, 0.3) is 0 Å². The van der Waals surface area contributed by atoms with Crippen molar-refractivity contribution in [3.63, 3.8) is 0 Å². The fraction of sp³-hybridized carbons (Fsp3) is 0.533. The smallest absolute Gasteiger partial charge is 0.221 e. The molecule has 20 heavy (non-hydrogen) atoms. The van der Waals surface area contributed by atoms with Crippen LogP contribution in [0.15, 0.2) is 30.3 Å². The van der Waals surface area contributed by atoms with Crippen molar-refractivity contribution < 1.29 is 9.53 Å². The Morgan fingerprint density at radius 3 is 2.90 bits per heavy atom. The zero-order valence-electron chi connectivity index (χ0n) is 11.7. The molecule has 110 valence electrons. The average Bonchev–Trinajstić information content (AvgIpc) is 2.96. The number of nitrogens with one attached hydrogen (secondary N) is 3. The summed E-state index contributed by atoms with van der Waals surface area (Å²) in [7, 11) is 0. The number of carbonyl (C=O) groups excluding carboxylic acids is 1. The highest BCUT2D eigenvalue weighted by Gasteiger charge is 2.15. The molecular formula is C15H23N3O2. The van der Waals surface area contributed by atoms with Crippen molar-refractivity contribution in [3.05, 3.63) is 35.9 Å². The van der Waals surface area contributed by atoms with Crippen molar-refractivity contribution >= 4 is 5.91 Å². The number of hydrogen-bond acceptors (Lipinski definition) is 4. The highest BCUT2D eigenvalue weighted by atomic mass is 16.5. The molecule has 1 aromatic rings. The first-order valence-electron chi connectivity index (χ1n) is 7.24. The van der Waals surface area contributed by atoms with Gasteiger partial charge >= 0.3 is 0 Å². The third kappa shape index (κ3) is 5.69. The number of benzene rings is 1. The van der Waals surface area contributed by atoms with E-state index >= 15 is 0 Å². The van der Waals surface area contributed by atoms with Crippen LogP contribution in [-0.2, 0) is 16.0 Å². The van der Waals surface area contributed by atoms with E-state index in [4.69, 9.17) is 4.74 Å². The largest absolute Gasteiger partial charge is 0.381 e. The molecule has 2 rings (SSSR count). The number of carbonyl (C=O) groups is 1. The summed E-state index contributed by atoms with van der Waals surface area (Å²) in [5.41, 5.74) is 7.27. The van der Waals surface area contributed by atoms with Crippen molar-refractivity contribution in [2.45, 2.75) is 31.8 Å². The lowest BCUT2D eigenvalue weighted by Gasteiger charge is -2.11. The van der Waals surface area contributed by atoms with Crippen molar-refractivity contribution in [3.8, 4) is 0 Å². The molecule has 0 aromatic heterocycles. The van der Waals surface area contributed by atoms with Crippen LogP contribution >= 0.6 is 0 Å². The van der Waals surface area contributed by atoms with Gasteiger partial charge in [-0.25, -0.2) is 5.43 Å². The third-order valence-corrected chi connectivity index (χ3v) is 3.24. The van der Waals surface area contributed by atoms with Crippen LogP contribution in [0.5, 0.6) is 0 Å². The van der Waals surface area contributed by atoms with Gasteiger partial charge < -0.3 is 10.1 Å². The van der Waals surface area contributed by atoms with E-state index in [9.17, 15) is 4.79 Å². The van der Waals surface area contributed by atoms with Gasteiger partial charge in [0.2, 0.25) is 5.91 Å². The summed E-state index contributed by atoms with van der Waals surface area (Å²) in [6.07, 6.45) is 3.20. The summed E-state index contributed by atoms with van der Waals surface area (Å²) in [5, 5.41) is 2.93. The summed E-state index contributed by atoms with van der Waals surface area (Å²) >= 11 is 0. The van der Waals surface area contributed by atoms with E-state index in [0.717, 1.165) is 25.8 Å². The van der Waals surface area contributed by atoms with Crippen LogP contribution in [0.1, 0.15) is 24.8 Å². The van der Waals surface area contributed by atoms with E-state index in [-0.39, 0.29) is 12.1 Å². The van der Waals surface area contributed by atoms with Gasteiger partial charge in [-0.2, -0.15) is 0 Å². The van der Waals surface area contributed by atoms with E-state index in [2.05, 4.69) is 28.3 Å². The average molecular weight is 277 g/mol. The van der Waals surface area contributed by atoms with Crippen LogP contribution in [-0.4, -0.2) is 31.8 Å². The molecule has 0 bridgehead atoms. The molecule has 0 radical (unpaired) electrons. The van der Waals surface area contributed by atoms with Crippen LogP contribution in [0.3, 0.4) is 0 Å². The molecule has 1 unspecified atom stereocenters. The minimum Gasteiger partial charge on any atom is -0.381 e. The molecule has 1 atom stereocenters. The van der Waals surface area contributed by atoms with Crippen molar-refractivity contribution in [1.82, 2.24) is 16.2 Å². The lowest BCUT2D eigenvalue weighted by atomic mass is 10.2. The second kappa shape index (κ2) is 8.68. The zero-order chi connectivity index (χ0) is 14.0. The fourth-order valence-electron chi connectivity index (χ4n) is 2.13. The van der Waals surface area contributed by atoms with Gasteiger partial charge in [0.15, 0.2) is 0 Å².